The zero-order valence-electron chi connectivity index (χ0n) is 28.6. The molecule has 1 aromatic carbocycles. The minimum atomic E-state index is -1.34. The van der Waals surface area contributed by atoms with E-state index in [0.29, 0.717) is 17.8 Å². The summed E-state index contributed by atoms with van der Waals surface area (Å²) in [6.07, 6.45) is 3.97. The molecule has 10 nitrogen and oxygen atoms in total. The monoisotopic (exact) mass is 655 g/mol. The molecule has 0 bridgehead atoms. The van der Waals surface area contributed by atoms with Gasteiger partial charge in [-0.15, -0.1) is 0 Å². The summed E-state index contributed by atoms with van der Waals surface area (Å²) in [5.74, 6) is 2.82. The number of carbonyl (C=O) groups is 2. The van der Waals surface area contributed by atoms with Gasteiger partial charge in [0.15, 0.2) is 6.29 Å². The molecule has 10 heteroatoms. The summed E-state index contributed by atoms with van der Waals surface area (Å²) in [7, 11) is 3.36. The number of aliphatic hydroxyl groups is 3. The topological polar surface area (TPSA) is 144 Å². The lowest BCUT2D eigenvalue weighted by molar-refractivity contribution is -0.284. The molecule has 5 aliphatic rings. The van der Waals surface area contributed by atoms with E-state index >= 15 is 0 Å². The minimum absolute atomic E-state index is 0.00930. The third-order valence-electron chi connectivity index (χ3n) is 13.0. The van der Waals surface area contributed by atoms with E-state index in [4.69, 9.17) is 18.9 Å². The highest BCUT2D eigenvalue weighted by Crippen LogP contribution is 2.69. The van der Waals surface area contributed by atoms with Crippen LogP contribution in [0.5, 0.6) is 11.5 Å². The summed E-state index contributed by atoms with van der Waals surface area (Å²) >= 11 is 0. The largest absolute Gasteiger partial charge is 0.497 e. The molecule has 0 aromatic heterocycles. The van der Waals surface area contributed by atoms with Crippen LogP contribution in [0.15, 0.2) is 29.8 Å². The van der Waals surface area contributed by atoms with Gasteiger partial charge in [-0.2, -0.15) is 0 Å². The number of aliphatic hydroxyl groups excluding tert-OH is 3. The van der Waals surface area contributed by atoms with Crippen molar-refractivity contribution in [3.63, 3.8) is 0 Å². The van der Waals surface area contributed by atoms with Gasteiger partial charge in [0, 0.05) is 18.4 Å². The number of nitrogens with one attached hydrogen (secondary N) is 1. The average Bonchev–Trinajstić information content (AvgIpc) is 3.37. The molecule has 13 atom stereocenters. The molecule has 4 aliphatic carbocycles. The fourth-order valence-electron chi connectivity index (χ4n) is 10.8. The predicted molar refractivity (Wildman–Crippen MR) is 174 cm³/mol. The van der Waals surface area contributed by atoms with Crippen molar-refractivity contribution in [3.05, 3.63) is 35.4 Å². The molecule has 1 saturated heterocycles. The summed E-state index contributed by atoms with van der Waals surface area (Å²) in [6.45, 7) is 7.41. The van der Waals surface area contributed by atoms with E-state index in [0.717, 1.165) is 62.0 Å². The summed E-state index contributed by atoms with van der Waals surface area (Å²) < 4.78 is 23.7. The number of rotatable bonds is 8. The van der Waals surface area contributed by atoms with Crippen molar-refractivity contribution in [2.24, 2.45) is 34.5 Å². The molecular formula is C37H53NO9. The van der Waals surface area contributed by atoms with Crippen LogP contribution >= 0.6 is 0 Å². The molecule has 1 amide bonds. The first-order valence-corrected chi connectivity index (χ1v) is 17.3. The highest BCUT2D eigenvalue weighted by Gasteiger charge is 2.62. The highest BCUT2D eigenvalue weighted by atomic mass is 16.7. The van der Waals surface area contributed by atoms with Crippen molar-refractivity contribution in [1.29, 1.82) is 0 Å². The Morgan fingerprint density at radius 1 is 1.04 bits per heavy atom. The van der Waals surface area contributed by atoms with E-state index in [1.54, 1.807) is 21.1 Å². The van der Waals surface area contributed by atoms with E-state index < -0.39 is 37.3 Å². The molecule has 4 fully saturated rings. The van der Waals surface area contributed by atoms with Crippen molar-refractivity contribution in [2.75, 3.05) is 20.8 Å². The second kappa shape index (κ2) is 13.1. The summed E-state index contributed by atoms with van der Waals surface area (Å²) in [5.41, 5.74) is 2.37. The Bertz CT molecular complexity index is 1380. The van der Waals surface area contributed by atoms with Gasteiger partial charge in [-0.25, -0.2) is 0 Å². The van der Waals surface area contributed by atoms with Crippen LogP contribution in [0.1, 0.15) is 84.1 Å². The van der Waals surface area contributed by atoms with Gasteiger partial charge >= 0.3 is 0 Å². The Hall–Kier alpha value is -2.50. The third-order valence-corrected chi connectivity index (χ3v) is 13.0. The predicted octanol–water partition coefficient (Wildman–Crippen LogP) is 3.89. The Balaban J connectivity index is 1.24. The number of carbonyl (C=O) groups excluding carboxylic acids is 2. The maximum Gasteiger partial charge on any atom is 0.217 e. The lowest BCUT2D eigenvalue weighted by atomic mass is 9.47. The maximum atomic E-state index is 13.5. The number of ether oxygens (including phenoxy) is 4. The number of Topliss-reactive ketones (excluding diaryl/α,β-unsaturated/α-hetero) is 1. The van der Waals surface area contributed by atoms with E-state index in [1.807, 2.05) is 12.1 Å². The Morgan fingerprint density at radius 3 is 2.47 bits per heavy atom. The zero-order chi connectivity index (χ0) is 33.8. The molecule has 1 aliphatic heterocycles. The fourth-order valence-corrected chi connectivity index (χ4v) is 10.8. The van der Waals surface area contributed by atoms with Crippen molar-refractivity contribution in [3.8, 4) is 11.5 Å². The minimum Gasteiger partial charge on any atom is -0.497 e. The smallest absolute Gasteiger partial charge is 0.217 e. The fraction of sp³-hybridized carbons (Fsp3) is 0.730. The number of amides is 1. The number of hydrogen-bond donors (Lipinski definition) is 4. The van der Waals surface area contributed by atoms with Gasteiger partial charge in [0.2, 0.25) is 5.91 Å². The number of hydrogen-bond acceptors (Lipinski definition) is 9. The number of benzene rings is 1. The van der Waals surface area contributed by atoms with Gasteiger partial charge in [0.1, 0.15) is 41.6 Å². The average molecular weight is 656 g/mol. The second-order valence-corrected chi connectivity index (χ2v) is 15.3. The molecule has 47 heavy (non-hydrogen) atoms. The highest BCUT2D eigenvalue weighted by molar-refractivity contribution is 5.81. The Labute approximate surface area is 278 Å². The number of fused-ring (bicyclic) bond motifs is 5. The maximum absolute atomic E-state index is 13.5. The van der Waals surface area contributed by atoms with Crippen LogP contribution in [0.2, 0.25) is 0 Å². The van der Waals surface area contributed by atoms with Gasteiger partial charge in [-0.05, 0) is 105 Å². The normalized spacial score (nSPS) is 42.7. The van der Waals surface area contributed by atoms with Crippen molar-refractivity contribution in [1.82, 2.24) is 5.32 Å². The van der Waals surface area contributed by atoms with Crippen LogP contribution in [0.4, 0.5) is 0 Å². The van der Waals surface area contributed by atoms with Crippen LogP contribution < -0.4 is 14.8 Å². The van der Waals surface area contributed by atoms with E-state index in [2.05, 4.69) is 31.3 Å². The SMILES string of the molecule is COc1ccc(OC)c(C2CC3C4CC=C5CC(OC6O[C@H](CO)[C@@H](O)[C@H](O)[C@H]6NC(C)=O)CCC5(C)C4CCC3(C)C2C(C)=O)c1. The summed E-state index contributed by atoms with van der Waals surface area (Å²) in [4.78, 5) is 25.4. The van der Waals surface area contributed by atoms with Gasteiger partial charge < -0.3 is 39.6 Å². The van der Waals surface area contributed by atoms with Crippen LogP contribution in [0.25, 0.3) is 0 Å². The van der Waals surface area contributed by atoms with E-state index in [1.165, 1.54) is 12.5 Å². The first-order valence-electron chi connectivity index (χ1n) is 17.3. The van der Waals surface area contributed by atoms with Crippen LogP contribution in [0.3, 0.4) is 0 Å². The molecule has 9 unspecified atom stereocenters. The van der Waals surface area contributed by atoms with Crippen LogP contribution in [-0.2, 0) is 19.1 Å². The third kappa shape index (κ3) is 5.82. The standard InChI is InChI=1S/C37H53NO9/c1-19(40)31-26(25-16-22(44-5)8-10-29(25)45-6)17-28-24-9-7-21-15-23(11-13-36(21,3)27(24)12-14-37(28,31)4)46-35-32(38-20(2)41)34(43)33(42)30(18-39)47-35/h7-8,10,16,23-24,26-28,30-35,39,42-43H,9,11-15,17-18H2,1-6H3,(H,38,41)/t23?,24?,26?,27?,28?,30-,31?,32-,33-,34-,35?,36?,37?/m1/s1. The van der Waals surface area contributed by atoms with Crippen LogP contribution in [-0.4, -0.2) is 84.6 Å². The quantitative estimate of drug-likeness (QED) is 0.307. The second-order valence-electron chi connectivity index (χ2n) is 15.3. The first-order chi connectivity index (χ1) is 22.4. The van der Waals surface area contributed by atoms with Crippen molar-refractivity contribution in [2.45, 2.75) is 115 Å². The molecule has 260 valence electrons. The zero-order valence-corrected chi connectivity index (χ0v) is 28.6. The Kier molecular flexibility index (Phi) is 9.57. The Morgan fingerprint density at radius 2 is 1.81 bits per heavy atom. The number of methoxy groups -OCH3 is 2. The van der Waals surface area contributed by atoms with E-state index in [-0.39, 0.29) is 40.5 Å². The first kappa shape index (κ1) is 34.4. The molecule has 6 rings (SSSR count). The molecule has 1 heterocycles. The number of ketones is 1. The molecular weight excluding hydrogens is 602 g/mol. The molecule has 3 saturated carbocycles. The van der Waals surface area contributed by atoms with E-state index in [9.17, 15) is 24.9 Å². The van der Waals surface area contributed by atoms with Crippen molar-refractivity contribution >= 4 is 11.7 Å². The summed E-state index contributed by atoms with van der Waals surface area (Å²) in [5, 5.41) is 33.6. The van der Waals surface area contributed by atoms with Gasteiger partial charge in [0.05, 0.1) is 26.9 Å². The van der Waals surface area contributed by atoms with Gasteiger partial charge in [-0.3, -0.25) is 9.59 Å². The number of allylic oxidation sites excluding steroid dienone is 1. The van der Waals surface area contributed by atoms with Crippen molar-refractivity contribution < 1.29 is 43.9 Å². The van der Waals surface area contributed by atoms with Gasteiger partial charge in [0.25, 0.3) is 0 Å². The molecule has 0 radical (unpaired) electrons. The molecule has 1 aromatic rings. The lowest BCUT2D eigenvalue weighted by Crippen LogP contribution is -2.65. The van der Waals surface area contributed by atoms with Crippen LogP contribution in [0, 0.1) is 34.5 Å². The molecule has 4 N–H and O–H groups in total. The van der Waals surface area contributed by atoms with Gasteiger partial charge in [-0.1, -0.05) is 25.5 Å². The summed E-state index contributed by atoms with van der Waals surface area (Å²) in [6, 6.07) is 4.98. The lowest BCUT2D eigenvalue weighted by Gasteiger charge is -2.58. The molecule has 0 spiro atoms.